The highest BCUT2D eigenvalue weighted by atomic mass is 32.1. The van der Waals surface area contributed by atoms with Crippen LogP contribution in [0.4, 0.5) is 4.39 Å². The molecule has 0 radical (unpaired) electrons. The summed E-state index contributed by atoms with van der Waals surface area (Å²) in [6, 6.07) is 8.58. The minimum absolute atomic E-state index is 0.0388. The average molecular weight is 432 g/mol. The van der Waals surface area contributed by atoms with Gasteiger partial charge in [0.2, 0.25) is 11.8 Å². The smallest absolute Gasteiger partial charge is 0.263 e. The third-order valence-electron chi connectivity index (χ3n) is 5.24. The minimum Gasteiger partial charge on any atom is -0.352 e. The lowest BCUT2D eigenvalue weighted by atomic mass is 9.95. The summed E-state index contributed by atoms with van der Waals surface area (Å²) in [5.74, 6) is -0.630. The van der Waals surface area contributed by atoms with Crippen LogP contribution >= 0.6 is 11.3 Å². The topological polar surface area (TPSA) is 78.5 Å². The van der Waals surface area contributed by atoms with E-state index in [2.05, 4.69) is 10.6 Å². The Morgan fingerprint density at radius 3 is 2.50 bits per heavy atom. The van der Waals surface area contributed by atoms with Gasteiger partial charge in [-0.1, -0.05) is 12.1 Å². The first-order valence-electron chi connectivity index (χ1n) is 9.98. The monoisotopic (exact) mass is 431 g/mol. The lowest BCUT2D eigenvalue weighted by molar-refractivity contribution is -0.126. The molecule has 1 aliphatic rings. The standard InChI is InChI=1S/C22H26FN3O3S/c1-14-3-4-16(11-19(14)23)12-25-21(28)17-7-9-26(10-8-17)22(29)20-6-5-18(30-20)13-24-15(2)27/h3-6,11,17H,7-10,12-13H2,1-2H3,(H,24,27)(H,25,28). The van der Waals surface area contributed by atoms with E-state index in [-0.39, 0.29) is 29.5 Å². The van der Waals surface area contributed by atoms with Crippen molar-refractivity contribution in [2.24, 2.45) is 5.92 Å². The van der Waals surface area contributed by atoms with Gasteiger partial charge in [0, 0.05) is 37.4 Å². The van der Waals surface area contributed by atoms with Crippen LogP contribution in [0.15, 0.2) is 30.3 Å². The number of thiophene rings is 1. The summed E-state index contributed by atoms with van der Waals surface area (Å²) >= 11 is 1.38. The maximum atomic E-state index is 13.6. The zero-order valence-corrected chi connectivity index (χ0v) is 18.0. The first kappa shape index (κ1) is 22.0. The van der Waals surface area contributed by atoms with Gasteiger partial charge in [0.1, 0.15) is 5.82 Å². The number of benzene rings is 1. The maximum absolute atomic E-state index is 13.6. The van der Waals surface area contributed by atoms with Gasteiger partial charge in [0.15, 0.2) is 0 Å². The Kier molecular flexibility index (Phi) is 7.20. The van der Waals surface area contributed by atoms with E-state index in [1.165, 1.54) is 24.3 Å². The highest BCUT2D eigenvalue weighted by Gasteiger charge is 2.28. The highest BCUT2D eigenvalue weighted by Crippen LogP contribution is 2.23. The second-order valence-corrected chi connectivity index (χ2v) is 8.71. The Morgan fingerprint density at radius 1 is 1.10 bits per heavy atom. The van der Waals surface area contributed by atoms with Crippen molar-refractivity contribution in [3.8, 4) is 0 Å². The van der Waals surface area contributed by atoms with Crippen LogP contribution in [0.5, 0.6) is 0 Å². The number of hydrogen-bond acceptors (Lipinski definition) is 4. The lowest BCUT2D eigenvalue weighted by Gasteiger charge is -2.31. The number of carbonyl (C=O) groups is 3. The summed E-state index contributed by atoms with van der Waals surface area (Å²) in [7, 11) is 0. The van der Waals surface area contributed by atoms with E-state index < -0.39 is 0 Å². The molecule has 2 heterocycles. The molecule has 1 aromatic carbocycles. The molecule has 160 valence electrons. The van der Waals surface area contributed by atoms with Crippen LogP contribution in [0, 0.1) is 18.7 Å². The molecule has 3 rings (SSSR count). The van der Waals surface area contributed by atoms with Crippen LogP contribution in [-0.4, -0.2) is 35.7 Å². The predicted octanol–water partition coefficient (Wildman–Crippen LogP) is 3.00. The van der Waals surface area contributed by atoms with Crippen molar-refractivity contribution < 1.29 is 18.8 Å². The van der Waals surface area contributed by atoms with Crippen molar-refractivity contribution in [2.45, 2.75) is 39.8 Å². The third-order valence-corrected chi connectivity index (χ3v) is 6.31. The summed E-state index contributed by atoms with van der Waals surface area (Å²) in [6.07, 6.45) is 1.20. The number of amides is 3. The normalized spacial score (nSPS) is 14.4. The molecule has 1 fully saturated rings. The number of hydrogen-bond donors (Lipinski definition) is 2. The van der Waals surface area contributed by atoms with E-state index in [0.29, 0.717) is 49.5 Å². The number of piperidine rings is 1. The van der Waals surface area contributed by atoms with Gasteiger partial charge in [-0.3, -0.25) is 14.4 Å². The fourth-order valence-corrected chi connectivity index (χ4v) is 4.30. The van der Waals surface area contributed by atoms with Gasteiger partial charge in [-0.15, -0.1) is 11.3 Å². The van der Waals surface area contributed by atoms with Gasteiger partial charge in [-0.2, -0.15) is 0 Å². The molecular weight excluding hydrogens is 405 g/mol. The predicted molar refractivity (Wildman–Crippen MR) is 113 cm³/mol. The molecule has 0 spiro atoms. The van der Waals surface area contributed by atoms with Crippen LogP contribution in [-0.2, 0) is 22.7 Å². The molecule has 2 N–H and O–H groups in total. The molecular formula is C22H26FN3O3S. The number of nitrogens with zero attached hydrogens (tertiary/aromatic N) is 1. The first-order valence-corrected chi connectivity index (χ1v) is 10.8. The SMILES string of the molecule is CC(=O)NCc1ccc(C(=O)N2CCC(C(=O)NCc3ccc(C)c(F)c3)CC2)s1. The molecule has 0 saturated carbocycles. The van der Waals surface area contributed by atoms with Crippen LogP contribution in [0.25, 0.3) is 0 Å². The molecule has 1 aliphatic heterocycles. The zero-order valence-electron chi connectivity index (χ0n) is 17.2. The Balaban J connectivity index is 1.46. The number of likely N-dealkylation sites (tertiary alicyclic amines) is 1. The van der Waals surface area contributed by atoms with Gasteiger partial charge in [0.05, 0.1) is 11.4 Å². The molecule has 6 nitrogen and oxygen atoms in total. The third kappa shape index (κ3) is 5.66. The van der Waals surface area contributed by atoms with E-state index in [1.807, 2.05) is 6.07 Å². The summed E-state index contributed by atoms with van der Waals surface area (Å²) < 4.78 is 13.6. The van der Waals surface area contributed by atoms with Crippen molar-refractivity contribution in [1.82, 2.24) is 15.5 Å². The minimum atomic E-state index is -0.276. The second-order valence-electron chi connectivity index (χ2n) is 7.54. The molecule has 1 saturated heterocycles. The quantitative estimate of drug-likeness (QED) is 0.738. The Morgan fingerprint density at radius 2 is 1.83 bits per heavy atom. The number of carbonyl (C=O) groups excluding carboxylic acids is 3. The molecule has 8 heteroatoms. The van der Waals surface area contributed by atoms with Crippen LogP contribution in [0.3, 0.4) is 0 Å². The first-order chi connectivity index (χ1) is 14.3. The summed E-state index contributed by atoms with van der Waals surface area (Å²) in [5.41, 5.74) is 1.31. The van der Waals surface area contributed by atoms with Gasteiger partial charge < -0.3 is 15.5 Å². The fourth-order valence-electron chi connectivity index (χ4n) is 3.38. The van der Waals surface area contributed by atoms with Crippen molar-refractivity contribution >= 4 is 29.1 Å². The largest absolute Gasteiger partial charge is 0.352 e. The Bertz CT molecular complexity index is 935. The van der Waals surface area contributed by atoms with Crippen molar-refractivity contribution in [2.75, 3.05) is 13.1 Å². The van der Waals surface area contributed by atoms with E-state index in [1.54, 1.807) is 30.0 Å². The Labute approximate surface area is 179 Å². The van der Waals surface area contributed by atoms with Crippen LogP contribution < -0.4 is 10.6 Å². The summed E-state index contributed by atoms with van der Waals surface area (Å²) in [5, 5.41) is 5.60. The Hall–Kier alpha value is -2.74. The van der Waals surface area contributed by atoms with Gasteiger partial charge >= 0.3 is 0 Å². The van der Waals surface area contributed by atoms with Crippen LogP contribution in [0.1, 0.15) is 45.4 Å². The number of aryl methyl sites for hydroxylation is 1. The lowest BCUT2D eigenvalue weighted by Crippen LogP contribution is -2.42. The number of nitrogens with one attached hydrogen (secondary N) is 2. The van der Waals surface area contributed by atoms with Crippen molar-refractivity contribution in [1.29, 1.82) is 0 Å². The van der Waals surface area contributed by atoms with Gasteiger partial charge in [-0.05, 0) is 49.1 Å². The molecule has 0 bridgehead atoms. The van der Waals surface area contributed by atoms with E-state index >= 15 is 0 Å². The van der Waals surface area contributed by atoms with E-state index in [4.69, 9.17) is 0 Å². The summed E-state index contributed by atoms with van der Waals surface area (Å²) in [6.45, 7) is 4.91. The van der Waals surface area contributed by atoms with E-state index in [0.717, 1.165) is 10.4 Å². The molecule has 30 heavy (non-hydrogen) atoms. The van der Waals surface area contributed by atoms with Crippen LogP contribution in [0.2, 0.25) is 0 Å². The van der Waals surface area contributed by atoms with Crippen molar-refractivity contribution in [3.05, 3.63) is 57.0 Å². The average Bonchev–Trinajstić information content (AvgIpc) is 3.21. The zero-order chi connectivity index (χ0) is 21.7. The molecule has 1 aromatic heterocycles. The fraction of sp³-hybridized carbons (Fsp3) is 0.409. The maximum Gasteiger partial charge on any atom is 0.263 e. The highest BCUT2D eigenvalue weighted by molar-refractivity contribution is 7.14. The number of halogens is 1. The molecule has 0 aliphatic carbocycles. The number of rotatable bonds is 6. The molecule has 0 unspecified atom stereocenters. The van der Waals surface area contributed by atoms with Gasteiger partial charge in [-0.25, -0.2) is 4.39 Å². The van der Waals surface area contributed by atoms with Gasteiger partial charge in [0.25, 0.3) is 5.91 Å². The van der Waals surface area contributed by atoms with E-state index in [9.17, 15) is 18.8 Å². The second kappa shape index (κ2) is 9.84. The van der Waals surface area contributed by atoms with Crippen molar-refractivity contribution in [3.63, 3.8) is 0 Å². The molecule has 0 atom stereocenters. The molecule has 3 amide bonds. The summed E-state index contributed by atoms with van der Waals surface area (Å²) in [4.78, 5) is 39.5. The molecule has 2 aromatic rings.